The third kappa shape index (κ3) is 4.20. The maximum atomic E-state index is 13.0. The van der Waals surface area contributed by atoms with Gasteiger partial charge in [0.15, 0.2) is 20.6 Å². The molecule has 110 valence electrons. The van der Waals surface area contributed by atoms with Crippen LogP contribution in [-0.2, 0) is 18.8 Å². The first kappa shape index (κ1) is 16.0. The molecule has 9 heteroatoms. The summed E-state index contributed by atoms with van der Waals surface area (Å²) in [5.74, 6) is -3.13. The van der Waals surface area contributed by atoms with E-state index in [1.807, 2.05) is 0 Å². The van der Waals surface area contributed by atoms with E-state index >= 15 is 0 Å². The molecule has 5 nitrogen and oxygen atoms in total. The van der Waals surface area contributed by atoms with Gasteiger partial charge in [0.1, 0.15) is 5.92 Å². The van der Waals surface area contributed by atoms with Crippen LogP contribution in [0.15, 0.2) is 0 Å². The zero-order chi connectivity index (χ0) is 15.0. The molecular formula is C10H16F3NO4Si. The van der Waals surface area contributed by atoms with Crippen LogP contribution in [0.1, 0.15) is 6.92 Å². The van der Waals surface area contributed by atoms with Crippen LogP contribution in [0.2, 0.25) is 19.6 Å². The second kappa shape index (κ2) is 5.12. The number of nitrogens with one attached hydrogen (secondary N) is 1. The Morgan fingerprint density at radius 2 is 1.89 bits per heavy atom. The number of esters is 1. The number of hydrogen-bond donors (Lipinski definition) is 1. The van der Waals surface area contributed by atoms with Crippen molar-refractivity contribution < 1.29 is 31.9 Å². The predicted molar refractivity (Wildman–Crippen MR) is 61.5 cm³/mol. The highest BCUT2D eigenvalue weighted by Gasteiger charge is 2.58. The van der Waals surface area contributed by atoms with Crippen molar-refractivity contribution in [3.05, 3.63) is 0 Å². The molecule has 1 aliphatic heterocycles. The summed E-state index contributed by atoms with van der Waals surface area (Å²) in [6.45, 7) is 5.82. The van der Waals surface area contributed by atoms with Crippen molar-refractivity contribution in [2.45, 2.75) is 45.1 Å². The van der Waals surface area contributed by atoms with Gasteiger partial charge in [0.05, 0.1) is 0 Å². The van der Waals surface area contributed by atoms with E-state index in [9.17, 15) is 22.8 Å². The quantitative estimate of drug-likeness (QED) is 0.484. The summed E-state index contributed by atoms with van der Waals surface area (Å²) >= 11 is 0. The monoisotopic (exact) mass is 299 g/mol. The number of carbonyl (C=O) groups is 2. The normalized spacial score (nSPS) is 25.3. The third-order valence-electron chi connectivity index (χ3n) is 2.34. The Morgan fingerprint density at radius 1 is 1.37 bits per heavy atom. The van der Waals surface area contributed by atoms with E-state index in [0.29, 0.717) is 0 Å². The van der Waals surface area contributed by atoms with Crippen LogP contribution < -0.4 is 5.32 Å². The summed E-state index contributed by atoms with van der Waals surface area (Å²) in [4.78, 5) is 22.1. The molecule has 0 aromatic carbocycles. The van der Waals surface area contributed by atoms with Gasteiger partial charge in [0.2, 0.25) is 5.91 Å². The summed E-state index contributed by atoms with van der Waals surface area (Å²) in [6, 6.07) is 0. The molecule has 1 N–H and O–H groups in total. The molecule has 1 aliphatic rings. The molecule has 1 saturated heterocycles. The molecule has 1 amide bonds. The molecule has 0 aromatic rings. The maximum absolute atomic E-state index is 13.0. The number of halogens is 3. The lowest BCUT2D eigenvalue weighted by Gasteiger charge is -2.42. The number of rotatable bonds is 4. The van der Waals surface area contributed by atoms with Gasteiger partial charge in [0, 0.05) is 6.92 Å². The SMILES string of the molecule is CC(=O)O[C@@H]1NC(=O)[C@H]1C(O[Si](C)(C)C)C(F)(F)F. The van der Waals surface area contributed by atoms with Gasteiger partial charge in [-0.2, -0.15) is 13.2 Å². The Labute approximate surface area is 109 Å². The Morgan fingerprint density at radius 3 is 2.21 bits per heavy atom. The highest BCUT2D eigenvalue weighted by atomic mass is 28.4. The van der Waals surface area contributed by atoms with Crippen LogP contribution in [0.4, 0.5) is 13.2 Å². The Hall–Kier alpha value is -1.09. The van der Waals surface area contributed by atoms with Crippen molar-refractivity contribution in [2.75, 3.05) is 0 Å². The number of ether oxygens (including phenoxy) is 1. The van der Waals surface area contributed by atoms with Crippen LogP contribution in [0, 0.1) is 5.92 Å². The van der Waals surface area contributed by atoms with Crippen molar-refractivity contribution in [1.82, 2.24) is 5.32 Å². The van der Waals surface area contributed by atoms with E-state index in [2.05, 4.69) is 10.1 Å². The summed E-state index contributed by atoms with van der Waals surface area (Å²) in [7, 11) is -2.51. The fourth-order valence-corrected chi connectivity index (χ4v) is 2.71. The molecule has 0 aliphatic carbocycles. The van der Waals surface area contributed by atoms with Gasteiger partial charge in [-0.15, -0.1) is 0 Å². The minimum Gasteiger partial charge on any atom is -0.441 e. The molecule has 1 fully saturated rings. The van der Waals surface area contributed by atoms with Crippen molar-refractivity contribution in [2.24, 2.45) is 5.92 Å². The van der Waals surface area contributed by atoms with Gasteiger partial charge in [-0.05, 0) is 19.6 Å². The molecule has 1 unspecified atom stereocenters. The second-order valence-electron chi connectivity index (χ2n) is 5.26. The van der Waals surface area contributed by atoms with Crippen molar-refractivity contribution >= 4 is 20.2 Å². The topological polar surface area (TPSA) is 64.6 Å². The van der Waals surface area contributed by atoms with Gasteiger partial charge >= 0.3 is 12.1 Å². The minimum absolute atomic E-state index is 0.760. The molecule has 0 spiro atoms. The van der Waals surface area contributed by atoms with Crippen molar-refractivity contribution in [3.63, 3.8) is 0 Å². The lowest BCUT2D eigenvalue weighted by atomic mass is 9.92. The fraction of sp³-hybridized carbons (Fsp3) is 0.800. The number of amides is 1. The highest BCUT2D eigenvalue weighted by molar-refractivity contribution is 6.69. The molecule has 0 aromatic heterocycles. The highest BCUT2D eigenvalue weighted by Crippen LogP contribution is 2.36. The van der Waals surface area contributed by atoms with Gasteiger partial charge in [-0.25, -0.2) is 0 Å². The first-order valence-electron chi connectivity index (χ1n) is 5.64. The largest absolute Gasteiger partial charge is 0.441 e. The van der Waals surface area contributed by atoms with E-state index in [1.165, 1.54) is 0 Å². The number of carbonyl (C=O) groups excluding carboxylic acids is 2. The molecule has 19 heavy (non-hydrogen) atoms. The van der Waals surface area contributed by atoms with Gasteiger partial charge < -0.3 is 14.5 Å². The third-order valence-corrected chi connectivity index (χ3v) is 3.30. The van der Waals surface area contributed by atoms with E-state index in [-0.39, 0.29) is 0 Å². The molecular weight excluding hydrogens is 283 g/mol. The Balaban J connectivity index is 2.90. The molecule has 3 atom stereocenters. The summed E-state index contributed by atoms with van der Waals surface area (Å²) in [6.07, 6.45) is -8.23. The van der Waals surface area contributed by atoms with Gasteiger partial charge in [-0.3, -0.25) is 9.59 Å². The molecule has 0 radical (unpaired) electrons. The molecule has 1 heterocycles. The first-order chi connectivity index (χ1) is 8.42. The van der Waals surface area contributed by atoms with E-state index in [0.717, 1.165) is 6.92 Å². The summed E-state index contributed by atoms with van der Waals surface area (Å²) in [5.41, 5.74) is 0. The zero-order valence-corrected chi connectivity index (χ0v) is 12.0. The smallest absolute Gasteiger partial charge is 0.414 e. The van der Waals surface area contributed by atoms with Crippen LogP contribution >= 0.6 is 0 Å². The second-order valence-corrected chi connectivity index (χ2v) is 9.72. The van der Waals surface area contributed by atoms with Crippen LogP contribution in [0.25, 0.3) is 0 Å². The number of alkyl halides is 3. The summed E-state index contributed by atoms with van der Waals surface area (Å²) < 4.78 is 48.6. The molecule has 0 bridgehead atoms. The number of β-lactam (4-membered cyclic amide) rings is 1. The van der Waals surface area contributed by atoms with Crippen LogP contribution in [-0.4, -0.2) is 38.7 Å². The lowest BCUT2D eigenvalue weighted by molar-refractivity contribution is -0.236. The Bertz CT molecular complexity index is 380. The minimum atomic E-state index is -4.69. The van der Waals surface area contributed by atoms with Gasteiger partial charge in [-0.1, -0.05) is 0 Å². The molecule has 0 saturated carbocycles. The number of hydrogen-bond acceptors (Lipinski definition) is 4. The van der Waals surface area contributed by atoms with Gasteiger partial charge in [0.25, 0.3) is 0 Å². The van der Waals surface area contributed by atoms with Crippen LogP contribution in [0.3, 0.4) is 0 Å². The van der Waals surface area contributed by atoms with E-state index in [4.69, 9.17) is 4.43 Å². The van der Waals surface area contributed by atoms with Crippen molar-refractivity contribution in [1.29, 1.82) is 0 Å². The van der Waals surface area contributed by atoms with Crippen molar-refractivity contribution in [3.8, 4) is 0 Å². The molecule has 1 rings (SSSR count). The maximum Gasteiger partial charge on any atom is 0.414 e. The average molecular weight is 299 g/mol. The summed E-state index contributed by atoms with van der Waals surface area (Å²) in [5, 5.41) is 2.12. The first-order valence-corrected chi connectivity index (χ1v) is 9.05. The van der Waals surface area contributed by atoms with E-state index in [1.54, 1.807) is 19.6 Å². The standard InChI is InChI=1S/C10H16F3NO4Si/c1-5(15)17-9-6(8(16)14-9)7(10(11,12)13)18-19(2,3)4/h6-7,9H,1-4H3,(H,14,16)/t6-,7?,9+/m1/s1. The van der Waals surface area contributed by atoms with E-state index < -0.39 is 44.6 Å². The predicted octanol–water partition coefficient (Wildman–Crippen LogP) is 1.40. The average Bonchev–Trinajstić information content (AvgIpc) is 2.11. The Kier molecular flexibility index (Phi) is 4.30. The lowest BCUT2D eigenvalue weighted by Crippen LogP contribution is -2.67. The van der Waals surface area contributed by atoms with Crippen LogP contribution in [0.5, 0.6) is 0 Å². The fourth-order valence-electron chi connectivity index (χ4n) is 1.67. The zero-order valence-electron chi connectivity index (χ0n) is 11.0.